The van der Waals surface area contributed by atoms with Crippen molar-refractivity contribution in [3.05, 3.63) is 48.0 Å². The molecule has 1 N–H and O–H groups in total. The van der Waals surface area contributed by atoms with Crippen molar-refractivity contribution >= 4 is 5.82 Å². The standard InChI is InChI=1S/C18H14F2N6O2/c1-11-23-16(25-9-18(19,20)10-25)5-17(24-11)28-15-4-12(6-21)2-3-14(15)26-8-13(27)7-22-26/h2-5,7-8,27H,9-10H2,1H3. The average Bonchev–Trinajstić information content (AvgIpc) is 3.05. The first kappa shape index (κ1) is 17.7. The van der Waals surface area contributed by atoms with Crippen LogP contribution >= 0.6 is 0 Å². The van der Waals surface area contributed by atoms with Crippen LogP contribution in [0.2, 0.25) is 0 Å². The molecule has 3 aromatic rings. The highest BCUT2D eigenvalue weighted by atomic mass is 19.3. The van der Waals surface area contributed by atoms with Gasteiger partial charge < -0.3 is 14.7 Å². The lowest BCUT2D eigenvalue weighted by Crippen LogP contribution is -2.56. The van der Waals surface area contributed by atoms with Crippen LogP contribution in [0.25, 0.3) is 5.69 Å². The highest BCUT2D eigenvalue weighted by Crippen LogP contribution is 2.34. The van der Waals surface area contributed by atoms with Gasteiger partial charge in [-0.2, -0.15) is 15.3 Å². The quantitative estimate of drug-likeness (QED) is 0.738. The monoisotopic (exact) mass is 384 g/mol. The normalized spacial score (nSPS) is 15.0. The molecule has 4 rings (SSSR count). The Morgan fingerprint density at radius 2 is 2.04 bits per heavy atom. The zero-order chi connectivity index (χ0) is 19.9. The molecule has 0 saturated carbocycles. The van der Waals surface area contributed by atoms with Crippen LogP contribution in [0.3, 0.4) is 0 Å². The number of nitrogens with zero attached hydrogens (tertiary/aromatic N) is 6. The van der Waals surface area contributed by atoms with E-state index < -0.39 is 19.0 Å². The van der Waals surface area contributed by atoms with Crippen LogP contribution in [-0.4, -0.2) is 43.9 Å². The second-order valence-electron chi connectivity index (χ2n) is 6.36. The number of ether oxygens (including phenoxy) is 1. The fourth-order valence-electron chi connectivity index (χ4n) is 2.83. The molecule has 1 fully saturated rings. The van der Waals surface area contributed by atoms with E-state index in [4.69, 9.17) is 4.74 Å². The Labute approximate surface area is 158 Å². The number of rotatable bonds is 4. The second-order valence-corrected chi connectivity index (χ2v) is 6.36. The third-order valence-electron chi connectivity index (χ3n) is 4.09. The molecule has 3 heterocycles. The highest BCUT2D eigenvalue weighted by molar-refractivity contribution is 5.54. The first-order valence-corrected chi connectivity index (χ1v) is 8.27. The Hall–Kier alpha value is -3.74. The topological polar surface area (TPSA) is 100 Å². The first-order valence-electron chi connectivity index (χ1n) is 8.27. The Balaban J connectivity index is 1.69. The highest BCUT2D eigenvalue weighted by Gasteiger charge is 2.44. The minimum Gasteiger partial charge on any atom is -0.505 e. The molecule has 0 aliphatic carbocycles. The maximum absolute atomic E-state index is 13.2. The fraction of sp³-hybridized carbons (Fsp3) is 0.222. The van der Waals surface area contributed by atoms with Gasteiger partial charge in [-0.05, 0) is 19.1 Å². The summed E-state index contributed by atoms with van der Waals surface area (Å²) in [5.74, 6) is -1.66. The molecule has 8 nitrogen and oxygen atoms in total. The largest absolute Gasteiger partial charge is 0.505 e. The van der Waals surface area contributed by atoms with Gasteiger partial charge in [-0.1, -0.05) is 0 Å². The van der Waals surface area contributed by atoms with Crippen molar-refractivity contribution in [3.63, 3.8) is 0 Å². The van der Waals surface area contributed by atoms with E-state index >= 15 is 0 Å². The van der Waals surface area contributed by atoms with Gasteiger partial charge in [0.15, 0.2) is 11.5 Å². The van der Waals surface area contributed by atoms with Gasteiger partial charge in [-0.3, -0.25) is 0 Å². The summed E-state index contributed by atoms with van der Waals surface area (Å²) in [7, 11) is 0. The zero-order valence-electron chi connectivity index (χ0n) is 14.7. The predicted molar refractivity (Wildman–Crippen MR) is 93.9 cm³/mol. The minimum atomic E-state index is -2.73. The van der Waals surface area contributed by atoms with Crippen molar-refractivity contribution in [3.8, 4) is 29.1 Å². The molecule has 142 valence electrons. The number of anilines is 1. The summed E-state index contributed by atoms with van der Waals surface area (Å²) in [5.41, 5.74) is 0.816. The average molecular weight is 384 g/mol. The van der Waals surface area contributed by atoms with Gasteiger partial charge in [0.2, 0.25) is 5.88 Å². The smallest absolute Gasteiger partial charge is 0.282 e. The van der Waals surface area contributed by atoms with E-state index in [1.807, 2.05) is 6.07 Å². The van der Waals surface area contributed by atoms with Crippen molar-refractivity contribution in [1.82, 2.24) is 19.7 Å². The lowest BCUT2D eigenvalue weighted by Gasteiger charge is -2.39. The number of aryl methyl sites for hydroxylation is 1. The first-order chi connectivity index (χ1) is 13.3. The number of hydrogen-bond donors (Lipinski definition) is 1. The van der Waals surface area contributed by atoms with Crippen LogP contribution in [-0.2, 0) is 0 Å². The maximum atomic E-state index is 13.2. The number of nitriles is 1. The van der Waals surface area contributed by atoms with E-state index in [0.29, 0.717) is 22.9 Å². The molecule has 0 bridgehead atoms. The Morgan fingerprint density at radius 3 is 2.68 bits per heavy atom. The van der Waals surface area contributed by atoms with Crippen LogP contribution in [0.1, 0.15) is 11.4 Å². The Bertz CT molecular complexity index is 1080. The summed E-state index contributed by atoms with van der Waals surface area (Å²) < 4.78 is 33.6. The third kappa shape index (κ3) is 3.42. The Morgan fingerprint density at radius 1 is 1.25 bits per heavy atom. The van der Waals surface area contributed by atoms with Crippen molar-refractivity contribution in [2.24, 2.45) is 0 Å². The van der Waals surface area contributed by atoms with E-state index in [1.54, 1.807) is 19.1 Å². The summed E-state index contributed by atoms with van der Waals surface area (Å²) >= 11 is 0. The summed E-state index contributed by atoms with van der Waals surface area (Å²) in [4.78, 5) is 9.80. The van der Waals surface area contributed by atoms with Gasteiger partial charge in [-0.15, -0.1) is 0 Å². The lowest BCUT2D eigenvalue weighted by molar-refractivity contribution is -0.0267. The number of alkyl halides is 2. The number of hydrogen-bond acceptors (Lipinski definition) is 7. The summed E-state index contributed by atoms with van der Waals surface area (Å²) in [6.07, 6.45) is 2.64. The van der Waals surface area contributed by atoms with Crippen LogP contribution in [0.15, 0.2) is 36.7 Å². The van der Waals surface area contributed by atoms with Gasteiger partial charge in [0.1, 0.15) is 17.3 Å². The minimum absolute atomic E-state index is 0.0332. The molecular weight excluding hydrogens is 370 g/mol. The molecule has 2 aromatic heterocycles. The number of benzene rings is 1. The lowest BCUT2D eigenvalue weighted by atomic mass is 10.1. The summed E-state index contributed by atoms with van der Waals surface area (Å²) in [6, 6.07) is 8.19. The molecule has 0 radical (unpaired) electrons. The van der Waals surface area contributed by atoms with Gasteiger partial charge in [0.25, 0.3) is 5.92 Å². The molecule has 1 aromatic carbocycles. The third-order valence-corrected chi connectivity index (χ3v) is 4.09. The maximum Gasteiger partial charge on any atom is 0.282 e. The molecule has 0 atom stereocenters. The SMILES string of the molecule is Cc1nc(Oc2cc(C#N)ccc2-n2cc(O)cn2)cc(N2CC(F)(F)C2)n1. The zero-order valence-corrected chi connectivity index (χ0v) is 14.7. The molecular formula is C18H14F2N6O2. The number of halogens is 2. The van der Waals surface area contributed by atoms with Gasteiger partial charge in [-0.25, -0.2) is 18.4 Å². The van der Waals surface area contributed by atoms with Crippen molar-refractivity contribution in [2.75, 3.05) is 18.0 Å². The van der Waals surface area contributed by atoms with Crippen LogP contribution in [0.4, 0.5) is 14.6 Å². The molecule has 1 saturated heterocycles. The summed E-state index contributed by atoms with van der Waals surface area (Å²) in [5, 5.41) is 22.7. The molecule has 0 unspecified atom stereocenters. The molecule has 10 heteroatoms. The molecule has 1 aliphatic heterocycles. The van der Waals surface area contributed by atoms with Crippen molar-refractivity contribution < 1.29 is 18.6 Å². The second kappa shape index (κ2) is 6.45. The molecule has 0 amide bonds. The van der Waals surface area contributed by atoms with E-state index in [2.05, 4.69) is 15.1 Å². The van der Waals surface area contributed by atoms with Gasteiger partial charge >= 0.3 is 0 Å². The molecule has 28 heavy (non-hydrogen) atoms. The van der Waals surface area contributed by atoms with Crippen LogP contribution in [0, 0.1) is 18.3 Å². The van der Waals surface area contributed by atoms with Gasteiger partial charge in [0, 0.05) is 12.1 Å². The van der Waals surface area contributed by atoms with Crippen molar-refractivity contribution in [2.45, 2.75) is 12.8 Å². The van der Waals surface area contributed by atoms with E-state index in [0.717, 1.165) is 0 Å². The summed E-state index contributed by atoms with van der Waals surface area (Å²) in [6.45, 7) is 0.807. The number of aromatic nitrogens is 4. The molecule has 1 aliphatic rings. The van der Waals surface area contributed by atoms with E-state index in [1.165, 1.54) is 34.1 Å². The van der Waals surface area contributed by atoms with Crippen molar-refractivity contribution in [1.29, 1.82) is 5.26 Å². The van der Waals surface area contributed by atoms with Gasteiger partial charge in [0.05, 0.1) is 37.1 Å². The van der Waals surface area contributed by atoms with E-state index in [9.17, 15) is 19.1 Å². The molecule has 0 spiro atoms. The van der Waals surface area contributed by atoms with Crippen LogP contribution in [0.5, 0.6) is 17.4 Å². The predicted octanol–water partition coefficient (Wildman–Crippen LogP) is 2.80. The Kier molecular flexibility index (Phi) is 4.07. The van der Waals surface area contributed by atoms with Crippen LogP contribution < -0.4 is 9.64 Å². The number of aromatic hydroxyl groups is 1. The fourth-order valence-corrected chi connectivity index (χ4v) is 2.83. The van der Waals surface area contributed by atoms with E-state index in [-0.39, 0.29) is 17.4 Å².